The van der Waals surface area contributed by atoms with Crippen LogP contribution in [0.5, 0.6) is 0 Å². The number of benzene rings is 2. The highest BCUT2D eigenvalue weighted by molar-refractivity contribution is 6.47. The monoisotopic (exact) mass is 621 g/mol. The molecule has 232 valence electrons. The lowest BCUT2D eigenvalue weighted by Gasteiger charge is -2.42. The molecule has 10 nitrogen and oxygen atoms in total. The highest BCUT2D eigenvalue weighted by atomic mass is 35.5. The minimum Gasteiger partial charge on any atom is -0.385 e. The van der Waals surface area contributed by atoms with Gasteiger partial charge in [-0.3, -0.25) is 9.59 Å². The van der Waals surface area contributed by atoms with Crippen LogP contribution in [0.1, 0.15) is 69.1 Å². The molecule has 1 fully saturated rings. The van der Waals surface area contributed by atoms with Gasteiger partial charge in [-0.25, -0.2) is 16.4 Å². The maximum atomic E-state index is 12.7. The molecule has 2 aromatic carbocycles. The first-order valence-electron chi connectivity index (χ1n) is 13.9. The highest BCUT2D eigenvalue weighted by Gasteiger charge is 2.51. The van der Waals surface area contributed by atoms with Crippen molar-refractivity contribution >= 4 is 47.1 Å². The summed E-state index contributed by atoms with van der Waals surface area (Å²) in [5, 5.41) is 4.65. The number of carbonyl (C=O) groups excluding carboxylic acids is 2. The largest absolute Gasteiger partial charge is 0.385 e. The number of hydrogen-bond donors (Lipinski definition) is 4. The van der Waals surface area contributed by atoms with Crippen LogP contribution in [0, 0.1) is 6.92 Å². The number of aliphatic imine (C=N–C) groups is 1. The number of likely N-dealkylation sites (N-methyl/N-ethyl adjacent to an activating group) is 1. The number of nitrogens with two attached hydrogens (primary N) is 3. The normalized spacial score (nSPS) is 19.4. The van der Waals surface area contributed by atoms with E-state index < -0.39 is 5.66 Å². The van der Waals surface area contributed by atoms with Gasteiger partial charge in [-0.1, -0.05) is 86.1 Å². The highest BCUT2D eigenvalue weighted by Crippen LogP contribution is 2.40. The zero-order chi connectivity index (χ0) is 31.7. The molecule has 1 heterocycles. The molecule has 7 N–H and O–H groups in total. The Morgan fingerprint density at radius 1 is 1.17 bits per heavy atom. The first kappa shape index (κ1) is 36.8. The van der Waals surface area contributed by atoms with Crippen LogP contribution < -0.4 is 22.8 Å². The van der Waals surface area contributed by atoms with Crippen molar-refractivity contribution in [2.45, 2.75) is 77.5 Å². The van der Waals surface area contributed by atoms with E-state index in [1.165, 1.54) is 18.4 Å². The molecular formula is C30H45Cl2N7O3. The standard InChI is InChI=1S/C16H18Cl2N2O2.C9H14N4.C4H10.CH3NO/c1-20-15(21)14(10-7-11(17)9-12(18)8-10)19-16(20)6-4-3-5-13(16)22-2;1-7-2-4-8(5-3-7)6-9(10)12-13-11;1-3-4-2;2-1-3/h7-9,13H,3-6H2,1-2H3;2-5,13H,6,11H2,1H3,(H2,10,12);3-4H2,1-2H3;1H,(H2,2,3). The fourth-order valence-corrected chi connectivity index (χ4v) is 5.02. The van der Waals surface area contributed by atoms with Gasteiger partial charge in [-0.15, -0.1) is 0 Å². The average molecular weight is 623 g/mol. The lowest BCUT2D eigenvalue weighted by molar-refractivity contribution is -0.134. The molecule has 1 spiro atoms. The molecule has 1 aliphatic carbocycles. The van der Waals surface area contributed by atoms with E-state index in [9.17, 15) is 4.79 Å². The second kappa shape index (κ2) is 19.1. The number of rotatable bonds is 6. The summed E-state index contributed by atoms with van der Waals surface area (Å²) in [5.74, 6) is 5.36. The van der Waals surface area contributed by atoms with Gasteiger partial charge in [-0.2, -0.15) is 5.10 Å². The van der Waals surface area contributed by atoms with Gasteiger partial charge in [0.2, 0.25) is 6.41 Å². The van der Waals surface area contributed by atoms with E-state index in [0.717, 1.165) is 31.2 Å². The molecule has 0 radical (unpaired) electrons. The summed E-state index contributed by atoms with van der Waals surface area (Å²) in [7, 11) is 3.47. The minimum absolute atomic E-state index is 0.0812. The van der Waals surface area contributed by atoms with E-state index in [4.69, 9.17) is 49.3 Å². The number of hydrazone groups is 1. The van der Waals surface area contributed by atoms with Gasteiger partial charge in [0.05, 0.1) is 0 Å². The fourth-order valence-electron chi connectivity index (χ4n) is 4.49. The summed E-state index contributed by atoms with van der Waals surface area (Å²) in [4.78, 5) is 27.8. The Labute approximate surface area is 259 Å². The van der Waals surface area contributed by atoms with Crippen molar-refractivity contribution in [1.29, 1.82) is 0 Å². The summed E-state index contributed by atoms with van der Waals surface area (Å²) >= 11 is 12.1. The lowest BCUT2D eigenvalue weighted by atomic mass is 9.86. The van der Waals surface area contributed by atoms with E-state index in [0.29, 0.717) is 33.6 Å². The van der Waals surface area contributed by atoms with Gasteiger partial charge >= 0.3 is 0 Å². The molecule has 0 bridgehead atoms. The number of hydrazine groups is 1. The Hall–Kier alpha value is -3.18. The number of unbranched alkanes of at least 4 members (excludes halogenated alkanes) is 1. The maximum Gasteiger partial charge on any atom is 0.274 e. The molecule has 42 heavy (non-hydrogen) atoms. The van der Waals surface area contributed by atoms with Crippen molar-refractivity contribution in [3.8, 4) is 0 Å². The van der Waals surface area contributed by atoms with Crippen LogP contribution in [0.15, 0.2) is 52.6 Å². The third-order valence-corrected chi connectivity index (χ3v) is 7.24. The van der Waals surface area contributed by atoms with Crippen LogP contribution in [-0.4, -0.2) is 54.7 Å². The van der Waals surface area contributed by atoms with Gasteiger partial charge in [0.15, 0.2) is 5.66 Å². The number of carbonyl (C=O) groups is 2. The summed E-state index contributed by atoms with van der Waals surface area (Å²) in [6.07, 6.45) is 7.26. The molecule has 12 heteroatoms. The number of aryl methyl sites for hydroxylation is 1. The van der Waals surface area contributed by atoms with Crippen molar-refractivity contribution < 1.29 is 14.3 Å². The number of ether oxygens (including phenoxy) is 1. The molecule has 0 aromatic heterocycles. The van der Waals surface area contributed by atoms with Crippen LogP contribution in [0.2, 0.25) is 10.0 Å². The van der Waals surface area contributed by atoms with E-state index in [1.807, 2.05) is 31.2 Å². The summed E-state index contributed by atoms with van der Waals surface area (Å²) in [6.45, 7) is 6.41. The van der Waals surface area contributed by atoms with Crippen LogP contribution >= 0.6 is 23.2 Å². The summed E-state index contributed by atoms with van der Waals surface area (Å²) in [6, 6.07) is 13.2. The van der Waals surface area contributed by atoms with Gasteiger partial charge in [0.1, 0.15) is 17.7 Å². The van der Waals surface area contributed by atoms with Crippen LogP contribution in [-0.2, 0) is 20.7 Å². The number of nitrogens with one attached hydrogen (secondary N) is 1. The number of hydrogen-bond acceptors (Lipinski definition) is 7. The Morgan fingerprint density at radius 2 is 1.74 bits per heavy atom. The summed E-state index contributed by atoms with van der Waals surface area (Å²) < 4.78 is 5.63. The van der Waals surface area contributed by atoms with Crippen molar-refractivity contribution in [2.24, 2.45) is 27.4 Å². The Balaban J connectivity index is 0.000000373. The molecule has 4 rings (SSSR count). The second-order valence-corrected chi connectivity index (χ2v) is 10.7. The fraction of sp³-hybridized carbons (Fsp3) is 0.467. The van der Waals surface area contributed by atoms with E-state index in [-0.39, 0.29) is 18.4 Å². The zero-order valence-electron chi connectivity index (χ0n) is 25.2. The topological polar surface area (TPSA) is 161 Å². The predicted octanol–water partition coefficient (Wildman–Crippen LogP) is 4.72. The van der Waals surface area contributed by atoms with E-state index in [1.54, 1.807) is 37.3 Å². The molecule has 1 aliphatic heterocycles. The molecule has 0 saturated heterocycles. The molecule has 2 aromatic rings. The molecule has 2 atom stereocenters. The number of methoxy groups -OCH3 is 1. The van der Waals surface area contributed by atoms with Crippen LogP contribution in [0.3, 0.4) is 0 Å². The number of primary amides is 1. The Bertz CT molecular complexity index is 1170. The number of amidine groups is 1. The van der Waals surface area contributed by atoms with Gasteiger partial charge in [-0.05, 0) is 49.9 Å². The molecule has 1 saturated carbocycles. The summed E-state index contributed by atoms with van der Waals surface area (Å²) in [5.41, 5.74) is 14.7. The molecule has 2 unspecified atom stereocenters. The van der Waals surface area contributed by atoms with Gasteiger partial charge in [0.25, 0.3) is 5.91 Å². The predicted molar refractivity (Wildman–Crippen MR) is 172 cm³/mol. The zero-order valence-corrected chi connectivity index (χ0v) is 26.7. The molecule has 2 aliphatic rings. The Morgan fingerprint density at radius 3 is 2.24 bits per heavy atom. The number of halogens is 2. The third kappa shape index (κ3) is 10.9. The van der Waals surface area contributed by atoms with Gasteiger partial charge < -0.3 is 21.1 Å². The lowest BCUT2D eigenvalue weighted by Crippen LogP contribution is -2.54. The van der Waals surface area contributed by atoms with Crippen molar-refractivity contribution in [3.05, 3.63) is 69.2 Å². The third-order valence-electron chi connectivity index (χ3n) is 6.80. The van der Waals surface area contributed by atoms with Crippen molar-refractivity contribution in [2.75, 3.05) is 14.2 Å². The SMILES string of the molecule is CCCC.COC1CCCCC12N=C(c1cc(Cl)cc(Cl)c1)C(=O)N2C.Cc1ccc(C/C(N)=N/NN)cc1.NC=O. The van der Waals surface area contributed by atoms with E-state index in [2.05, 4.69) is 30.2 Å². The quantitative estimate of drug-likeness (QED) is 0.120. The van der Waals surface area contributed by atoms with Gasteiger partial charge in [0, 0.05) is 36.2 Å². The number of amides is 2. The Kier molecular flexibility index (Phi) is 16.8. The number of nitrogens with zero attached hydrogens (tertiary/aromatic N) is 3. The maximum absolute atomic E-state index is 12.7. The molecule has 2 amide bonds. The second-order valence-electron chi connectivity index (χ2n) is 9.86. The van der Waals surface area contributed by atoms with Crippen LogP contribution in [0.4, 0.5) is 0 Å². The average Bonchev–Trinajstić information content (AvgIpc) is 3.21. The first-order valence-corrected chi connectivity index (χ1v) is 14.6. The first-order chi connectivity index (χ1) is 20.0. The van der Waals surface area contributed by atoms with Crippen molar-refractivity contribution in [3.63, 3.8) is 0 Å². The minimum atomic E-state index is -0.603. The smallest absolute Gasteiger partial charge is 0.274 e. The van der Waals surface area contributed by atoms with Crippen molar-refractivity contribution in [1.82, 2.24) is 10.4 Å². The van der Waals surface area contributed by atoms with Crippen LogP contribution in [0.25, 0.3) is 0 Å². The molecular weight excluding hydrogens is 577 g/mol. The van der Waals surface area contributed by atoms with E-state index >= 15 is 0 Å².